The Morgan fingerprint density at radius 3 is 2.25 bits per heavy atom. The van der Waals surface area contributed by atoms with E-state index < -0.39 is 12.8 Å². The summed E-state index contributed by atoms with van der Waals surface area (Å²) in [7, 11) is 0. The molecule has 1 aromatic rings. The second kappa shape index (κ2) is 8.34. The summed E-state index contributed by atoms with van der Waals surface area (Å²) in [5, 5.41) is 3.27. The number of hydrogen-bond acceptors (Lipinski definition) is 3. The minimum atomic E-state index is -3.12. The summed E-state index contributed by atoms with van der Waals surface area (Å²) < 4.78 is 41.2. The van der Waals surface area contributed by atoms with Gasteiger partial charge >= 0.3 is 6.43 Å². The maximum atomic E-state index is 12.7. The molecule has 1 fully saturated rings. The van der Waals surface area contributed by atoms with E-state index in [4.69, 9.17) is 0 Å². The number of piperazine rings is 1. The molecule has 1 aliphatic heterocycles. The van der Waals surface area contributed by atoms with Crippen molar-refractivity contribution in [2.45, 2.75) is 19.3 Å². The van der Waals surface area contributed by atoms with Crippen LogP contribution in [0.3, 0.4) is 0 Å². The first-order valence-electron chi connectivity index (χ1n) is 6.26. The summed E-state index contributed by atoms with van der Waals surface area (Å²) in [5.74, 6) is 0.122. The van der Waals surface area contributed by atoms with Crippen molar-refractivity contribution in [3.8, 4) is 5.75 Å². The number of benzene rings is 1. The van der Waals surface area contributed by atoms with Gasteiger partial charge in [-0.3, -0.25) is 4.90 Å². The monoisotopic (exact) mass is 310 g/mol. The molecule has 1 aliphatic rings. The van der Waals surface area contributed by atoms with E-state index in [0.717, 1.165) is 38.3 Å². The molecule has 1 aromatic carbocycles. The van der Waals surface area contributed by atoms with E-state index >= 15 is 0 Å². The maximum absolute atomic E-state index is 12.7. The number of rotatable bonds is 5. The summed E-state index contributed by atoms with van der Waals surface area (Å²) in [4.78, 5) is 2.30. The van der Waals surface area contributed by atoms with Gasteiger partial charge in [0.2, 0.25) is 0 Å². The molecule has 0 aliphatic carbocycles. The van der Waals surface area contributed by atoms with Gasteiger partial charge in [0, 0.05) is 32.7 Å². The first-order valence-corrected chi connectivity index (χ1v) is 6.26. The molecule has 0 bridgehead atoms. The van der Waals surface area contributed by atoms with Crippen LogP contribution >= 0.6 is 12.4 Å². The summed E-state index contributed by atoms with van der Waals surface area (Å²) in [5.41, 5.74) is 1.06. The number of nitrogens with zero attached hydrogens (tertiary/aromatic N) is 1. The quantitative estimate of drug-likeness (QED) is 0.904. The Morgan fingerprint density at radius 1 is 1.10 bits per heavy atom. The smallest absolute Gasteiger partial charge is 0.304 e. The second-order valence-corrected chi connectivity index (χ2v) is 4.47. The topological polar surface area (TPSA) is 24.5 Å². The fraction of sp³-hybridized carbons (Fsp3) is 0.538. The van der Waals surface area contributed by atoms with Crippen LogP contribution in [0, 0.1) is 0 Å². The average molecular weight is 311 g/mol. The third-order valence-corrected chi connectivity index (χ3v) is 2.99. The molecule has 0 spiro atoms. The molecule has 20 heavy (non-hydrogen) atoms. The SMILES string of the molecule is Cl.FC(F)C(F)Oc1ccc(CN2CCNCC2)cc1. The lowest BCUT2D eigenvalue weighted by Gasteiger charge is -2.27. The molecule has 114 valence electrons. The van der Waals surface area contributed by atoms with Gasteiger partial charge in [0.1, 0.15) is 5.75 Å². The Labute approximate surface area is 122 Å². The van der Waals surface area contributed by atoms with Gasteiger partial charge in [0.15, 0.2) is 0 Å². The number of hydrogen-bond donors (Lipinski definition) is 1. The summed E-state index contributed by atoms with van der Waals surface area (Å²) in [6.45, 7) is 4.71. The molecule has 7 heteroatoms. The molecule has 1 atom stereocenters. The average Bonchev–Trinajstić information content (AvgIpc) is 2.42. The predicted octanol–water partition coefficient (Wildman–Crippen LogP) is 2.45. The Morgan fingerprint density at radius 2 is 1.70 bits per heavy atom. The largest absolute Gasteiger partial charge is 0.454 e. The highest BCUT2D eigenvalue weighted by atomic mass is 35.5. The minimum absolute atomic E-state index is 0. The molecule has 3 nitrogen and oxygen atoms in total. The molecule has 1 unspecified atom stereocenters. The van der Waals surface area contributed by atoms with Gasteiger partial charge in [-0.15, -0.1) is 12.4 Å². The van der Waals surface area contributed by atoms with E-state index in [9.17, 15) is 13.2 Å². The van der Waals surface area contributed by atoms with Crippen molar-refractivity contribution in [3.05, 3.63) is 29.8 Å². The van der Waals surface area contributed by atoms with Gasteiger partial charge in [-0.1, -0.05) is 12.1 Å². The molecule has 1 heterocycles. The van der Waals surface area contributed by atoms with E-state index in [1.165, 1.54) is 12.1 Å². The van der Waals surface area contributed by atoms with Crippen LogP contribution in [0.1, 0.15) is 5.56 Å². The number of nitrogens with one attached hydrogen (secondary N) is 1. The highest BCUT2D eigenvalue weighted by Crippen LogP contribution is 2.18. The number of halogens is 4. The van der Waals surface area contributed by atoms with Crippen molar-refractivity contribution in [1.82, 2.24) is 10.2 Å². The van der Waals surface area contributed by atoms with Crippen LogP contribution in [0.15, 0.2) is 24.3 Å². The van der Waals surface area contributed by atoms with E-state index in [0.29, 0.717) is 0 Å². The van der Waals surface area contributed by atoms with Crippen LogP contribution in [-0.2, 0) is 6.54 Å². The Kier molecular flexibility index (Phi) is 7.12. The standard InChI is InChI=1S/C13H17F3N2O.ClH/c14-12(15)13(16)19-11-3-1-10(2-4-11)9-18-7-5-17-6-8-18;/h1-4,12-13,17H,5-9H2;1H. The van der Waals surface area contributed by atoms with Crippen LogP contribution in [0.2, 0.25) is 0 Å². The fourth-order valence-corrected chi connectivity index (χ4v) is 1.98. The van der Waals surface area contributed by atoms with Crippen LogP contribution in [0.4, 0.5) is 13.2 Å². The third-order valence-electron chi connectivity index (χ3n) is 2.99. The van der Waals surface area contributed by atoms with Crippen molar-refractivity contribution >= 4 is 12.4 Å². The van der Waals surface area contributed by atoms with Crippen molar-refractivity contribution in [2.75, 3.05) is 26.2 Å². The van der Waals surface area contributed by atoms with E-state index in [-0.39, 0.29) is 18.2 Å². The Hall–Kier alpha value is -0.980. The molecular weight excluding hydrogens is 293 g/mol. The third kappa shape index (κ3) is 5.19. The van der Waals surface area contributed by atoms with E-state index in [1.807, 2.05) is 0 Å². The zero-order valence-electron chi connectivity index (χ0n) is 10.9. The highest BCUT2D eigenvalue weighted by Gasteiger charge is 2.20. The summed E-state index contributed by atoms with van der Waals surface area (Å²) >= 11 is 0. The molecule has 0 amide bonds. The lowest BCUT2D eigenvalue weighted by atomic mass is 10.2. The van der Waals surface area contributed by atoms with Crippen LogP contribution in [0.5, 0.6) is 5.75 Å². The van der Waals surface area contributed by atoms with Gasteiger partial charge < -0.3 is 10.1 Å². The zero-order chi connectivity index (χ0) is 13.7. The normalized spacial score (nSPS) is 17.6. The van der Waals surface area contributed by atoms with Gasteiger partial charge in [-0.2, -0.15) is 4.39 Å². The van der Waals surface area contributed by atoms with Gasteiger partial charge in [0.05, 0.1) is 0 Å². The highest BCUT2D eigenvalue weighted by molar-refractivity contribution is 5.85. The molecular formula is C13H18ClF3N2O. The van der Waals surface area contributed by atoms with Crippen LogP contribution in [0.25, 0.3) is 0 Å². The molecule has 0 aromatic heterocycles. The van der Waals surface area contributed by atoms with Gasteiger partial charge in [0.25, 0.3) is 6.36 Å². The van der Waals surface area contributed by atoms with Crippen LogP contribution < -0.4 is 10.1 Å². The predicted molar refractivity (Wildman–Crippen MR) is 73.4 cm³/mol. The Bertz CT molecular complexity index is 386. The van der Waals surface area contributed by atoms with Crippen molar-refractivity contribution in [2.24, 2.45) is 0 Å². The van der Waals surface area contributed by atoms with Crippen molar-refractivity contribution in [1.29, 1.82) is 0 Å². The van der Waals surface area contributed by atoms with Crippen LogP contribution in [-0.4, -0.2) is 43.9 Å². The molecule has 2 rings (SSSR count). The lowest BCUT2D eigenvalue weighted by Crippen LogP contribution is -2.42. The van der Waals surface area contributed by atoms with E-state index in [2.05, 4.69) is 15.0 Å². The fourth-order valence-electron chi connectivity index (χ4n) is 1.98. The molecule has 1 N–H and O–H groups in total. The minimum Gasteiger partial charge on any atom is -0.454 e. The number of alkyl halides is 3. The summed E-state index contributed by atoms with van der Waals surface area (Å²) in [6, 6.07) is 6.59. The first kappa shape index (κ1) is 17.1. The molecule has 1 saturated heterocycles. The zero-order valence-corrected chi connectivity index (χ0v) is 11.7. The Balaban J connectivity index is 0.00000200. The first-order chi connectivity index (χ1) is 9.15. The molecule has 0 radical (unpaired) electrons. The van der Waals surface area contributed by atoms with Gasteiger partial charge in [-0.05, 0) is 17.7 Å². The van der Waals surface area contributed by atoms with E-state index in [1.54, 1.807) is 12.1 Å². The lowest BCUT2D eigenvalue weighted by molar-refractivity contribution is -0.0669. The van der Waals surface area contributed by atoms with Crippen molar-refractivity contribution < 1.29 is 17.9 Å². The van der Waals surface area contributed by atoms with Gasteiger partial charge in [-0.25, -0.2) is 8.78 Å². The maximum Gasteiger partial charge on any atom is 0.304 e. The summed E-state index contributed by atoms with van der Waals surface area (Å²) in [6.07, 6.45) is -5.69. The second-order valence-electron chi connectivity index (χ2n) is 4.47. The number of ether oxygens (including phenoxy) is 1. The van der Waals surface area contributed by atoms with Crippen molar-refractivity contribution in [3.63, 3.8) is 0 Å². The molecule has 0 saturated carbocycles.